The third kappa shape index (κ3) is 3.46. The van der Waals surface area contributed by atoms with Crippen LogP contribution < -0.4 is 5.32 Å². The lowest BCUT2D eigenvalue weighted by Gasteiger charge is -2.10. The standard InChI is InChI=1S/C17H23NS/c1-11-6-14(4)16(7-12(11)2)9-18-10-17-8-13(3)15(5)19-17/h6-8,18H,9-10H2,1-5H3. The molecule has 0 radical (unpaired) electrons. The molecule has 0 aliphatic carbocycles. The van der Waals surface area contributed by atoms with Crippen molar-refractivity contribution < 1.29 is 0 Å². The average molecular weight is 273 g/mol. The average Bonchev–Trinajstić information content (AvgIpc) is 2.65. The van der Waals surface area contributed by atoms with E-state index in [1.807, 2.05) is 11.3 Å². The number of aryl methyl sites for hydroxylation is 5. The highest BCUT2D eigenvalue weighted by atomic mass is 32.1. The Balaban J connectivity index is 1.97. The summed E-state index contributed by atoms with van der Waals surface area (Å²) in [6.07, 6.45) is 0. The molecule has 2 rings (SSSR count). The van der Waals surface area contributed by atoms with E-state index < -0.39 is 0 Å². The lowest BCUT2D eigenvalue weighted by Crippen LogP contribution is -2.13. The second-order valence-electron chi connectivity index (χ2n) is 5.42. The van der Waals surface area contributed by atoms with Crippen LogP contribution in [0, 0.1) is 34.6 Å². The van der Waals surface area contributed by atoms with Crippen molar-refractivity contribution in [2.75, 3.05) is 0 Å². The fraction of sp³-hybridized carbons (Fsp3) is 0.412. The molecule has 19 heavy (non-hydrogen) atoms. The Morgan fingerprint density at radius 2 is 1.47 bits per heavy atom. The van der Waals surface area contributed by atoms with Crippen LogP contribution in [0.1, 0.15) is 37.6 Å². The first kappa shape index (κ1) is 14.3. The molecule has 1 aromatic heterocycles. The second-order valence-corrected chi connectivity index (χ2v) is 6.76. The molecule has 0 spiro atoms. The van der Waals surface area contributed by atoms with E-state index in [-0.39, 0.29) is 0 Å². The van der Waals surface area contributed by atoms with Crippen LogP contribution in [0.2, 0.25) is 0 Å². The van der Waals surface area contributed by atoms with Gasteiger partial charge in [-0.1, -0.05) is 12.1 Å². The smallest absolute Gasteiger partial charge is 0.0303 e. The summed E-state index contributed by atoms with van der Waals surface area (Å²) in [6, 6.07) is 6.88. The van der Waals surface area contributed by atoms with Crippen LogP contribution in [0.25, 0.3) is 0 Å². The maximum absolute atomic E-state index is 3.56. The number of hydrogen-bond acceptors (Lipinski definition) is 2. The number of rotatable bonds is 4. The summed E-state index contributed by atoms with van der Waals surface area (Å²) in [7, 11) is 0. The molecular weight excluding hydrogens is 250 g/mol. The van der Waals surface area contributed by atoms with E-state index in [0.29, 0.717) is 0 Å². The van der Waals surface area contributed by atoms with Gasteiger partial charge in [-0.15, -0.1) is 11.3 Å². The molecule has 2 heteroatoms. The minimum absolute atomic E-state index is 0.947. The molecule has 0 saturated carbocycles. The first-order chi connectivity index (χ1) is 8.97. The van der Waals surface area contributed by atoms with Crippen molar-refractivity contribution in [3.8, 4) is 0 Å². The molecule has 1 nitrogen and oxygen atoms in total. The Bertz CT molecular complexity index is 562. The summed E-state index contributed by atoms with van der Waals surface area (Å²) in [5.41, 5.74) is 6.96. The molecule has 1 aromatic carbocycles. The predicted octanol–water partition coefficient (Wildman–Crippen LogP) is 4.58. The van der Waals surface area contributed by atoms with Crippen LogP contribution in [-0.2, 0) is 13.1 Å². The first-order valence-corrected chi connectivity index (χ1v) is 7.62. The van der Waals surface area contributed by atoms with E-state index in [2.05, 4.69) is 58.1 Å². The Hall–Kier alpha value is -1.12. The van der Waals surface area contributed by atoms with Crippen LogP contribution in [0.3, 0.4) is 0 Å². The van der Waals surface area contributed by atoms with Gasteiger partial charge in [0.2, 0.25) is 0 Å². The number of hydrogen-bond donors (Lipinski definition) is 1. The molecule has 0 atom stereocenters. The summed E-state index contributed by atoms with van der Waals surface area (Å²) in [6.45, 7) is 12.8. The van der Waals surface area contributed by atoms with Crippen molar-refractivity contribution in [2.45, 2.75) is 47.7 Å². The second kappa shape index (κ2) is 5.89. The van der Waals surface area contributed by atoms with Gasteiger partial charge in [-0.05, 0) is 68.5 Å². The van der Waals surface area contributed by atoms with Crippen LogP contribution in [-0.4, -0.2) is 0 Å². The number of thiophene rings is 1. The molecule has 0 aliphatic heterocycles. The highest BCUT2D eigenvalue weighted by molar-refractivity contribution is 7.12. The third-order valence-corrected chi connectivity index (χ3v) is 4.94. The summed E-state index contributed by atoms with van der Waals surface area (Å²) in [5, 5.41) is 3.56. The molecule has 1 N–H and O–H groups in total. The van der Waals surface area contributed by atoms with Crippen LogP contribution in [0.15, 0.2) is 18.2 Å². The van der Waals surface area contributed by atoms with Gasteiger partial charge >= 0.3 is 0 Å². The molecule has 0 saturated heterocycles. The van der Waals surface area contributed by atoms with Crippen molar-refractivity contribution in [3.05, 3.63) is 55.8 Å². The van der Waals surface area contributed by atoms with Gasteiger partial charge in [0.25, 0.3) is 0 Å². The van der Waals surface area contributed by atoms with Gasteiger partial charge in [-0.2, -0.15) is 0 Å². The highest BCUT2D eigenvalue weighted by Crippen LogP contribution is 2.20. The van der Waals surface area contributed by atoms with Crippen molar-refractivity contribution in [1.82, 2.24) is 5.32 Å². The van der Waals surface area contributed by atoms with Gasteiger partial charge in [-0.25, -0.2) is 0 Å². The molecule has 0 bridgehead atoms. The van der Waals surface area contributed by atoms with E-state index in [4.69, 9.17) is 0 Å². The monoisotopic (exact) mass is 273 g/mol. The summed E-state index contributed by atoms with van der Waals surface area (Å²) in [5.74, 6) is 0. The fourth-order valence-corrected chi connectivity index (χ4v) is 3.29. The van der Waals surface area contributed by atoms with Gasteiger partial charge in [-0.3, -0.25) is 0 Å². The van der Waals surface area contributed by atoms with E-state index in [0.717, 1.165) is 13.1 Å². The Labute approximate surface area is 120 Å². The number of benzene rings is 1. The van der Waals surface area contributed by atoms with Crippen LogP contribution in [0.4, 0.5) is 0 Å². The van der Waals surface area contributed by atoms with Crippen LogP contribution in [0.5, 0.6) is 0 Å². The zero-order valence-electron chi connectivity index (χ0n) is 12.6. The van der Waals surface area contributed by atoms with E-state index in [1.54, 1.807) is 0 Å². The Morgan fingerprint density at radius 1 is 0.789 bits per heavy atom. The topological polar surface area (TPSA) is 12.0 Å². The lowest BCUT2D eigenvalue weighted by atomic mass is 10.0. The summed E-state index contributed by atoms with van der Waals surface area (Å²) >= 11 is 1.90. The van der Waals surface area contributed by atoms with E-state index >= 15 is 0 Å². The van der Waals surface area contributed by atoms with Gasteiger partial charge in [0, 0.05) is 22.8 Å². The van der Waals surface area contributed by atoms with E-state index in [1.165, 1.54) is 37.6 Å². The van der Waals surface area contributed by atoms with Gasteiger partial charge in [0.05, 0.1) is 0 Å². The molecule has 102 valence electrons. The Kier molecular flexibility index (Phi) is 4.43. The first-order valence-electron chi connectivity index (χ1n) is 6.80. The van der Waals surface area contributed by atoms with Crippen molar-refractivity contribution in [1.29, 1.82) is 0 Å². The van der Waals surface area contributed by atoms with E-state index in [9.17, 15) is 0 Å². The maximum Gasteiger partial charge on any atom is 0.0303 e. The molecule has 0 unspecified atom stereocenters. The largest absolute Gasteiger partial charge is 0.308 e. The minimum atomic E-state index is 0.947. The fourth-order valence-electron chi connectivity index (χ4n) is 2.27. The quantitative estimate of drug-likeness (QED) is 0.859. The predicted molar refractivity (Wildman–Crippen MR) is 85.0 cm³/mol. The van der Waals surface area contributed by atoms with Crippen LogP contribution >= 0.6 is 11.3 Å². The SMILES string of the molecule is Cc1cc(C)c(CNCc2cc(C)c(C)s2)cc1C. The molecule has 0 fully saturated rings. The molecule has 0 aliphatic rings. The molecule has 1 heterocycles. The van der Waals surface area contributed by atoms with Crippen molar-refractivity contribution in [2.24, 2.45) is 0 Å². The number of nitrogens with one attached hydrogen (secondary N) is 1. The van der Waals surface area contributed by atoms with Gasteiger partial charge in [0.1, 0.15) is 0 Å². The van der Waals surface area contributed by atoms with Gasteiger partial charge in [0.15, 0.2) is 0 Å². The lowest BCUT2D eigenvalue weighted by molar-refractivity contribution is 0.697. The maximum atomic E-state index is 3.56. The summed E-state index contributed by atoms with van der Waals surface area (Å²) < 4.78 is 0. The molecule has 0 amide bonds. The van der Waals surface area contributed by atoms with Crippen molar-refractivity contribution >= 4 is 11.3 Å². The summed E-state index contributed by atoms with van der Waals surface area (Å²) in [4.78, 5) is 2.86. The highest BCUT2D eigenvalue weighted by Gasteiger charge is 2.04. The minimum Gasteiger partial charge on any atom is -0.308 e. The van der Waals surface area contributed by atoms with Crippen molar-refractivity contribution in [3.63, 3.8) is 0 Å². The zero-order chi connectivity index (χ0) is 14.0. The third-order valence-electron chi connectivity index (χ3n) is 3.78. The molecule has 2 aromatic rings. The molecular formula is C17H23NS. The van der Waals surface area contributed by atoms with Gasteiger partial charge < -0.3 is 5.32 Å². The normalized spacial score (nSPS) is 11.0. The Morgan fingerprint density at radius 3 is 2.11 bits per heavy atom. The zero-order valence-corrected chi connectivity index (χ0v) is 13.4.